The molecule has 0 saturated carbocycles. The maximum Gasteiger partial charge on any atom is 0.166 e. The second-order valence-corrected chi connectivity index (χ2v) is 5.05. The Bertz CT molecular complexity index is 659. The van der Waals surface area contributed by atoms with Crippen LogP contribution in [0.15, 0.2) is 53.7 Å². The fraction of sp³-hybridized carbons (Fsp3) is 0.133. The fourth-order valence-electron chi connectivity index (χ4n) is 2.07. The minimum atomic E-state index is 0.963. The quantitative estimate of drug-likeness (QED) is 0.719. The van der Waals surface area contributed by atoms with Crippen LogP contribution >= 0.6 is 11.8 Å². The van der Waals surface area contributed by atoms with E-state index in [2.05, 4.69) is 52.4 Å². The summed E-state index contributed by atoms with van der Waals surface area (Å²) in [7, 11) is 0. The van der Waals surface area contributed by atoms with Gasteiger partial charge in [-0.25, -0.2) is 4.98 Å². The lowest BCUT2D eigenvalue weighted by Gasteiger charge is -2.01. The average Bonchev–Trinajstić information content (AvgIpc) is 2.82. The lowest BCUT2D eigenvalue weighted by atomic mass is 10.0. The van der Waals surface area contributed by atoms with E-state index in [0.717, 1.165) is 22.6 Å². The summed E-state index contributed by atoms with van der Waals surface area (Å²) in [6.07, 6.45) is 2.99. The molecule has 0 aliphatic carbocycles. The highest BCUT2D eigenvalue weighted by molar-refractivity contribution is 7.98. The van der Waals surface area contributed by atoms with Gasteiger partial charge in [0.15, 0.2) is 5.16 Å². The normalized spacial score (nSPS) is 10.9. The first kappa shape index (κ1) is 11.4. The highest BCUT2D eigenvalue weighted by atomic mass is 32.2. The molecule has 0 spiro atoms. The van der Waals surface area contributed by atoms with Crippen LogP contribution in [0, 0.1) is 0 Å². The predicted molar refractivity (Wildman–Crippen MR) is 77.1 cm³/mol. The molecule has 0 bridgehead atoms. The number of rotatable bonds is 3. The lowest BCUT2D eigenvalue weighted by molar-refractivity contribution is 1.09. The Balaban J connectivity index is 1.93. The molecule has 1 aromatic heterocycles. The Hall–Kier alpha value is -1.74. The molecule has 0 fully saturated rings. The van der Waals surface area contributed by atoms with Gasteiger partial charge < -0.3 is 4.98 Å². The molecule has 0 atom stereocenters. The van der Waals surface area contributed by atoms with Crippen LogP contribution in [0.2, 0.25) is 0 Å². The smallest absolute Gasteiger partial charge is 0.166 e. The van der Waals surface area contributed by atoms with Crippen molar-refractivity contribution < 1.29 is 0 Å². The van der Waals surface area contributed by atoms with E-state index in [9.17, 15) is 0 Å². The largest absolute Gasteiger partial charge is 0.333 e. The van der Waals surface area contributed by atoms with Crippen LogP contribution in [0.4, 0.5) is 0 Å². The zero-order valence-corrected chi connectivity index (χ0v) is 11.0. The van der Waals surface area contributed by atoms with E-state index in [1.165, 1.54) is 11.1 Å². The summed E-state index contributed by atoms with van der Waals surface area (Å²) < 4.78 is 0. The predicted octanol–water partition coefficient (Wildman–Crippen LogP) is 3.88. The van der Waals surface area contributed by atoms with Crippen LogP contribution in [0.1, 0.15) is 11.1 Å². The maximum absolute atomic E-state index is 4.49. The first-order valence-corrected chi connectivity index (χ1v) is 7.14. The summed E-state index contributed by atoms with van der Waals surface area (Å²) in [5.41, 5.74) is 4.80. The van der Waals surface area contributed by atoms with Gasteiger partial charge in [-0.2, -0.15) is 0 Å². The number of benzene rings is 2. The van der Waals surface area contributed by atoms with E-state index in [1.54, 1.807) is 11.8 Å². The maximum atomic E-state index is 4.49. The van der Waals surface area contributed by atoms with Crippen molar-refractivity contribution in [2.24, 2.45) is 0 Å². The topological polar surface area (TPSA) is 28.7 Å². The Labute approximate surface area is 110 Å². The molecule has 0 amide bonds. The number of fused-ring (bicyclic) bond motifs is 1. The van der Waals surface area contributed by atoms with Gasteiger partial charge in [-0.05, 0) is 35.9 Å². The molecule has 3 rings (SSSR count). The van der Waals surface area contributed by atoms with E-state index >= 15 is 0 Å². The van der Waals surface area contributed by atoms with E-state index in [0.29, 0.717) is 0 Å². The molecule has 0 radical (unpaired) electrons. The summed E-state index contributed by atoms with van der Waals surface area (Å²) in [6, 6.07) is 17.0. The molecule has 0 aliphatic heterocycles. The van der Waals surface area contributed by atoms with Crippen LogP contribution in [-0.4, -0.2) is 16.2 Å². The molecule has 90 valence electrons. The molecule has 3 heteroatoms. The molecule has 2 nitrogen and oxygen atoms in total. The van der Waals surface area contributed by atoms with Gasteiger partial charge in [-0.15, -0.1) is 0 Å². The highest BCUT2D eigenvalue weighted by Crippen LogP contribution is 2.20. The van der Waals surface area contributed by atoms with Crippen molar-refractivity contribution in [2.75, 3.05) is 6.26 Å². The van der Waals surface area contributed by atoms with Crippen LogP contribution in [0.25, 0.3) is 11.0 Å². The molecule has 0 saturated heterocycles. The number of H-pyrrole nitrogens is 1. The SMILES string of the molecule is CSc1nc2ccc(Cc3ccccc3)cc2[nH]1. The van der Waals surface area contributed by atoms with Gasteiger partial charge in [0.1, 0.15) is 0 Å². The second-order valence-electron chi connectivity index (χ2n) is 4.26. The fourth-order valence-corrected chi connectivity index (χ4v) is 2.47. The Kier molecular flexibility index (Phi) is 3.07. The molecule has 0 aliphatic rings. The molecule has 0 unspecified atom stereocenters. The van der Waals surface area contributed by atoms with E-state index in [4.69, 9.17) is 0 Å². The molecule has 1 N–H and O–H groups in total. The third-order valence-electron chi connectivity index (χ3n) is 2.97. The Morgan fingerprint density at radius 1 is 1.06 bits per heavy atom. The Morgan fingerprint density at radius 3 is 2.67 bits per heavy atom. The van der Waals surface area contributed by atoms with E-state index < -0.39 is 0 Å². The number of thioether (sulfide) groups is 1. The molecule has 3 aromatic rings. The summed E-state index contributed by atoms with van der Waals surface area (Å²) in [6.45, 7) is 0. The molecule has 1 heterocycles. The first-order valence-electron chi connectivity index (χ1n) is 5.92. The molecule has 2 aromatic carbocycles. The van der Waals surface area contributed by atoms with Gasteiger partial charge in [0, 0.05) is 0 Å². The standard InChI is InChI=1S/C15H14N2S/c1-18-15-16-13-8-7-12(10-14(13)17-15)9-11-5-3-2-4-6-11/h2-8,10H,9H2,1H3,(H,16,17). The van der Waals surface area contributed by atoms with Gasteiger partial charge in [-0.3, -0.25) is 0 Å². The van der Waals surface area contributed by atoms with Gasteiger partial charge in [0.05, 0.1) is 11.0 Å². The van der Waals surface area contributed by atoms with E-state index in [-0.39, 0.29) is 0 Å². The number of hydrogen-bond donors (Lipinski definition) is 1. The number of nitrogens with zero attached hydrogens (tertiary/aromatic N) is 1. The minimum absolute atomic E-state index is 0.963. The van der Waals surface area contributed by atoms with Crippen LogP contribution in [0.3, 0.4) is 0 Å². The number of imidazole rings is 1. The van der Waals surface area contributed by atoms with Gasteiger partial charge in [0.2, 0.25) is 0 Å². The van der Waals surface area contributed by atoms with Crippen LogP contribution in [-0.2, 0) is 6.42 Å². The van der Waals surface area contributed by atoms with Crippen LogP contribution < -0.4 is 0 Å². The zero-order chi connectivity index (χ0) is 12.4. The van der Waals surface area contributed by atoms with Crippen molar-refractivity contribution in [3.63, 3.8) is 0 Å². The second kappa shape index (κ2) is 4.86. The van der Waals surface area contributed by atoms with Crippen molar-refractivity contribution in [2.45, 2.75) is 11.6 Å². The molecular formula is C15H14N2S. The average molecular weight is 254 g/mol. The number of nitrogens with one attached hydrogen (secondary N) is 1. The highest BCUT2D eigenvalue weighted by Gasteiger charge is 2.03. The van der Waals surface area contributed by atoms with Gasteiger partial charge in [0.25, 0.3) is 0 Å². The molecular weight excluding hydrogens is 240 g/mol. The van der Waals surface area contributed by atoms with Crippen molar-refractivity contribution in [3.8, 4) is 0 Å². The van der Waals surface area contributed by atoms with Crippen molar-refractivity contribution in [1.82, 2.24) is 9.97 Å². The number of aromatic amines is 1. The first-order chi connectivity index (χ1) is 8.85. The van der Waals surface area contributed by atoms with Crippen molar-refractivity contribution in [3.05, 3.63) is 59.7 Å². The molecule has 18 heavy (non-hydrogen) atoms. The lowest BCUT2D eigenvalue weighted by Crippen LogP contribution is -1.87. The third kappa shape index (κ3) is 2.27. The van der Waals surface area contributed by atoms with Gasteiger partial charge in [-0.1, -0.05) is 48.2 Å². The number of hydrogen-bond acceptors (Lipinski definition) is 2. The Morgan fingerprint density at radius 2 is 1.89 bits per heavy atom. The van der Waals surface area contributed by atoms with Crippen molar-refractivity contribution in [1.29, 1.82) is 0 Å². The summed E-state index contributed by atoms with van der Waals surface area (Å²) in [5, 5.41) is 0.974. The third-order valence-corrected chi connectivity index (χ3v) is 3.55. The van der Waals surface area contributed by atoms with Gasteiger partial charge >= 0.3 is 0 Å². The summed E-state index contributed by atoms with van der Waals surface area (Å²) >= 11 is 1.64. The monoisotopic (exact) mass is 254 g/mol. The van der Waals surface area contributed by atoms with Crippen molar-refractivity contribution >= 4 is 22.8 Å². The summed E-state index contributed by atoms with van der Waals surface area (Å²) in [5.74, 6) is 0. The minimum Gasteiger partial charge on any atom is -0.333 e. The van der Waals surface area contributed by atoms with Crippen LogP contribution in [0.5, 0.6) is 0 Å². The number of aromatic nitrogens is 2. The zero-order valence-electron chi connectivity index (χ0n) is 10.2. The van der Waals surface area contributed by atoms with E-state index in [1.807, 2.05) is 12.3 Å². The summed E-state index contributed by atoms with van der Waals surface area (Å²) in [4.78, 5) is 7.81.